The molecular weight excluding hydrogens is 286 g/mol. The summed E-state index contributed by atoms with van der Waals surface area (Å²) in [6.07, 6.45) is 0. The number of aromatic nitrogens is 3. The molecule has 0 aliphatic carbocycles. The van der Waals surface area contributed by atoms with Crippen LogP contribution in [0.2, 0.25) is 5.02 Å². The standard InChI is InChI=1S/C16H16ClN3O/c1-11-9-15-16(10-12(11)2)20(19-18-15)7-8-21-14-5-3-13(17)4-6-14/h3-6,9-10H,7-8H2,1-2H3. The van der Waals surface area contributed by atoms with Crippen LogP contribution in [0.3, 0.4) is 0 Å². The molecule has 0 saturated carbocycles. The van der Waals surface area contributed by atoms with Gasteiger partial charge in [-0.05, 0) is 61.4 Å². The zero-order valence-electron chi connectivity index (χ0n) is 12.0. The highest BCUT2D eigenvalue weighted by molar-refractivity contribution is 6.30. The third-order valence-corrected chi connectivity index (χ3v) is 3.77. The molecule has 0 amide bonds. The highest BCUT2D eigenvalue weighted by Crippen LogP contribution is 2.18. The first-order valence-electron chi connectivity index (χ1n) is 6.82. The first-order valence-corrected chi connectivity index (χ1v) is 7.20. The largest absolute Gasteiger partial charge is 0.492 e. The maximum absolute atomic E-state index is 5.84. The van der Waals surface area contributed by atoms with Crippen LogP contribution in [0.4, 0.5) is 0 Å². The minimum Gasteiger partial charge on any atom is -0.492 e. The molecular formula is C16H16ClN3O. The number of benzene rings is 2. The molecule has 0 N–H and O–H groups in total. The normalized spacial score (nSPS) is 11.0. The summed E-state index contributed by atoms with van der Waals surface area (Å²) in [5.74, 6) is 0.802. The van der Waals surface area contributed by atoms with Crippen molar-refractivity contribution in [3.05, 3.63) is 52.5 Å². The Labute approximate surface area is 128 Å². The molecule has 108 valence electrons. The summed E-state index contributed by atoms with van der Waals surface area (Å²) in [4.78, 5) is 0. The third-order valence-electron chi connectivity index (χ3n) is 3.51. The molecule has 1 heterocycles. The lowest BCUT2D eigenvalue weighted by molar-refractivity contribution is 0.292. The number of fused-ring (bicyclic) bond motifs is 1. The Bertz CT molecular complexity index is 765. The van der Waals surface area contributed by atoms with Crippen molar-refractivity contribution in [2.75, 3.05) is 6.61 Å². The van der Waals surface area contributed by atoms with Crippen molar-refractivity contribution in [3.63, 3.8) is 0 Å². The van der Waals surface area contributed by atoms with Gasteiger partial charge in [-0.1, -0.05) is 16.8 Å². The molecule has 0 aliphatic rings. The first-order chi connectivity index (χ1) is 10.1. The highest BCUT2D eigenvalue weighted by atomic mass is 35.5. The average Bonchev–Trinajstić information content (AvgIpc) is 2.84. The van der Waals surface area contributed by atoms with Crippen LogP contribution in [0.5, 0.6) is 5.75 Å². The molecule has 0 aliphatic heterocycles. The second kappa shape index (κ2) is 5.74. The van der Waals surface area contributed by atoms with E-state index >= 15 is 0 Å². The van der Waals surface area contributed by atoms with E-state index in [1.54, 1.807) is 0 Å². The second-order valence-electron chi connectivity index (χ2n) is 5.04. The predicted molar refractivity (Wildman–Crippen MR) is 83.9 cm³/mol. The fraction of sp³-hybridized carbons (Fsp3) is 0.250. The van der Waals surface area contributed by atoms with Gasteiger partial charge in [-0.3, -0.25) is 0 Å². The number of aryl methyl sites for hydroxylation is 2. The van der Waals surface area contributed by atoms with E-state index in [0.29, 0.717) is 18.2 Å². The van der Waals surface area contributed by atoms with Crippen molar-refractivity contribution in [1.82, 2.24) is 15.0 Å². The van der Waals surface area contributed by atoms with E-state index in [0.717, 1.165) is 16.8 Å². The van der Waals surface area contributed by atoms with Crippen molar-refractivity contribution < 1.29 is 4.74 Å². The maximum atomic E-state index is 5.84. The number of hydrogen-bond acceptors (Lipinski definition) is 3. The average molecular weight is 302 g/mol. The number of ether oxygens (including phenoxy) is 1. The van der Waals surface area contributed by atoms with Crippen LogP contribution in [-0.4, -0.2) is 21.6 Å². The van der Waals surface area contributed by atoms with Crippen LogP contribution in [0.1, 0.15) is 11.1 Å². The van der Waals surface area contributed by atoms with Crippen LogP contribution in [-0.2, 0) is 6.54 Å². The van der Waals surface area contributed by atoms with Gasteiger partial charge in [0.15, 0.2) is 0 Å². The highest BCUT2D eigenvalue weighted by Gasteiger charge is 2.06. The Morgan fingerprint density at radius 2 is 1.81 bits per heavy atom. The van der Waals surface area contributed by atoms with Gasteiger partial charge in [-0.25, -0.2) is 4.68 Å². The van der Waals surface area contributed by atoms with Gasteiger partial charge in [0.25, 0.3) is 0 Å². The minimum absolute atomic E-state index is 0.535. The smallest absolute Gasteiger partial charge is 0.119 e. The fourth-order valence-electron chi connectivity index (χ4n) is 2.17. The zero-order chi connectivity index (χ0) is 14.8. The lowest BCUT2D eigenvalue weighted by Crippen LogP contribution is -2.09. The van der Waals surface area contributed by atoms with Gasteiger partial charge in [-0.15, -0.1) is 5.10 Å². The van der Waals surface area contributed by atoms with E-state index in [4.69, 9.17) is 16.3 Å². The first kappa shape index (κ1) is 13.9. The second-order valence-corrected chi connectivity index (χ2v) is 5.48. The van der Waals surface area contributed by atoms with Crippen molar-refractivity contribution >= 4 is 22.6 Å². The summed E-state index contributed by atoms with van der Waals surface area (Å²) < 4.78 is 7.56. The van der Waals surface area contributed by atoms with Crippen LogP contribution in [0.15, 0.2) is 36.4 Å². The summed E-state index contributed by atoms with van der Waals surface area (Å²) in [5.41, 5.74) is 4.43. The molecule has 1 aromatic heterocycles. The van der Waals surface area contributed by atoms with E-state index in [1.807, 2.05) is 28.9 Å². The summed E-state index contributed by atoms with van der Waals surface area (Å²) in [6.45, 7) is 5.36. The molecule has 3 rings (SSSR count). The Morgan fingerprint density at radius 1 is 1.10 bits per heavy atom. The topological polar surface area (TPSA) is 39.9 Å². The van der Waals surface area contributed by atoms with E-state index in [2.05, 4.69) is 36.3 Å². The molecule has 4 nitrogen and oxygen atoms in total. The quantitative estimate of drug-likeness (QED) is 0.736. The van der Waals surface area contributed by atoms with E-state index in [-0.39, 0.29) is 0 Å². The van der Waals surface area contributed by atoms with E-state index < -0.39 is 0 Å². The van der Waals surface area contributed by atoms with Gasteiger partial charge in [0.05, 0.1) is 12.1 Å². The third kappa shape index (κ3) is 3.00. The van der Waals surface area contributed by atoms with Crippen LogP contribution in [0.25, 0.3) is 11.0 Å². The molecule has 5 heteroatoms. The summed E-state index contributed by atoms with van der Waals surface area (Å²) >= 11 is 5.84. The van der Waals surface area contributed by atoms with Gasteiger partial charge < -0.3 is 4.74 Å². The van der Waals surface area contributed by atoms with Crippen LogP contribution >= 0.6 is 11.6 Å². The Kier molecular flexibility index (Phi) is 3.80. The molecule has 0 bridgehead atoms. The molecule has 0 spiro atoms. The minimum atomic E-state index is 0.535. The molecule has 0 fully saturated rings. The van der Waals surface area contributed by atoms with Crippen molar-refractivity contribution in [1.29, 1.82) is 0 Å². The van der Waals surface area contributed by atoms with E-state index in [9.17, 15) is 0 Å². The SMILES string of the molecule is Cc1cc2nnn(CCOc3ccc(Cl)cc3)c2cc1C. The zero-order valence-corrected chi connectivity index (χ0v) is 12.8. The van der Waals surface area contributed by atoms with Crippen molar-refractivity contribution in [2.45, 2.75) is 20.4 Å². The number of rotatable bonds is 4. The maximum Gasteiger partial charge on any atom is 0.119 e. The van der Waals surface area contributed by atoms with Gasteiger partial charge in [0.2, 0.25) is 0 Å². The van der Waals surface area contributed by atoms with Gasteiger partial charge in [-0.2, -0.15) is 0 Å². The molecule has 0 saturated heterocycles. The van der Waals surface area contributed by atoms with E-state index in [1.165, 1.54) is 11.1 Å². The Balaban J connectivity index is 1.70. The molecule has 21 heavy (non-hydrogen) atoms. The van der Waals surface area contributed by atoms with Gasteiger partial charge in [0.1, 0.15) is 17.9 Å². The van der Waals surface area contributed by atoms with Gasteiger partial charge >= 0.3 is 0 Å². The Hall–Kier alpha value is -2.07. The predicted octanol–water partition coefficient (Wildman–Crippen LogP) is 3.78. The summed E-state index contributed by atoms with van der Waals surface area (Å²) in [7, 11) is 0. The lowest BCUT2D eigenvalue weighted by atomic mass is 10.1. The molecule has 2 aromatic carbocycles. The fourth-order valence-corrected chi connectivity index (χ4v) is 2.29. The lowest BCUT2D eigenvalue weighted by Gasteiger charge is -2.07. The van der Waals surface area contributed by atoms with Crippen LogP contribution in [0, 0.1) is 13.8 Å². The van der Waals surface area contributed by atoms with Crippen molar-refractivity contribution in [3.8, 4) is 5.75 Å². The van der Waals surface area contributed by atoms with Crippen molar-refractivity contribution in [2.24, 2.45) is 0 Å². The summed E-state index contributed by atoms with van der Waals surface area (Å²) in [5, 5.41) is 9.09. The monoisotopic (exact) mass is 301 g/mol. The molecule has 0 atom stereocenters. The molecule has 0 radical (unpaired) electrons. The molecule has 3 aromatic rings. The molecule has 0 unspecified atom stereocenters. The Morgan fingerprint density at radius 3 is 2.57 bits per heavy atom. The number of halogens is 1. The van der Waals surface area contributed by atoms with Crippen LogP contribution < -0.4 is 4.74 Å². The number of hydrogen-bond donors (Lipinski definition) is 0. The summed E-state index contributed by atoms with van der Waals surface area (Å²) in [6, 6.07) is 11.5. The number of nitrogens with zero attached hydrogens (tertiary/aromatic N) is 3. The van der Waals surface area contributed by atoms with Gasteiger partial charge in [0, 0.05) is 5.02 Å².